The van der Waals surface area contributed by atoms with Gasteiger partial charge in [0.15, 0.2) is 11.4 Å². The smallest absolute Gasteiger partial charge is 0.270 e. The van der Waals surface area contributed by atoms with Gasteiger partial charge in [-0.15, -0.1) is 10.2 Å². The van der Waals surface area contributed by atoms with E-state index in [0.29, 0.717) is 36.1 Å². The highest BCUT2D eigenvalue weighted by Crippen LogP contribution is 2.38. The van der Waals surface area contributed by atoms with E-state index in [9.17, 15) is 14.3 Å². The van der Waals surface area contributed by atoms with Gasteiger partial charge < -0.3 is 9.52 Å². The van der Waals surface area contributed by atoms with E-state index in [1.807, 2.05) is 0 Å². The Hall–Kier alpha value is -3.88. The Morgan fingerprint density at radius 3 is 2.77 bits per heavy atom. The predicted molar refractivity (Wildman–Crippen MR) is 105 cm³/mol. The summed E-state index contributed by atoms with van der Waals surface area (Å²) < 4.78 is 18.8. The molecule has 1 saturated heterocycles. The van der Waals surface area contributed by atoms with E-state index in [1.165, 1.54) is 12.1 Å². The van der Waals surface area contributed by atoms with Crippen LogP contribution in [-0.4, -0.2) is 37.7 Å². The molecule has 5 rings (SSSR count). The van der Waals surface area contributed by atoms with Gasteiger partial charge >= 0.3 is 0 Å². The van der Waals surface area contributed by atoms with E-state index >= 15 is 0 Å². The fourth-order valence-electron chi connectivity index (χ4n) is 3.53. The van der Waals surface area contributed by atoms with Gasteiger partial charge in [0, 0.05) is 24.5 Å². The summed E-state index contributed by atoms with van der Waals surface area (Å²) in [5.41, 5.74) is 1.16. The zero-order valence-electron chi connectivity index (χ0n) is 15.7. The second kappa shape index (κ2) is 7.18. The van der Waals surface area contributed by atoms with Crippen LogP contribution in [0.3, 0.4) is 0 Å². The van der Waals surface area contributed by atoms with E-state index in [2.05, 4.69) is 20.2 Å². The van der Waals surface area contributed by atoms with E-state index in [1.54, 1.807) is 35.4 Å². The summed E-state index contributed by atoms with van der Waals surface area (Å²) in [7, 11) is 0. The van der Waals surface area contributed by atoms with Gasteiger partial charge in [0.2, 0.25) is 11.8 Å². The van der Waals surface area contributed by atoms with Crippen LogP contribution in [0, 0.1) is 5.82 Å². The quantitative estimate of drug-likeness (QED) is 0.556. The number of aromatic hydroxyl groups is 1. The Kier molecular flexibility index (Phi) is 4.35. The monoisotopic (exact) mass is 405 g/mol. The van der Waals surface area contributed by atoms with Crippen LogP contribution >= 0.6 is 0 Å². The normalized spacial score (nSPS) is 14.0. The zero-order valence-corrected chi connectivity index (χ0v) is 15.7. The van der Waals surface area contributed by atoms with Crippen LogP contribution in [0.4, 0.5) is 10.2 Å². The lowest BCUT2D eigenvalue weighted by Crippen LogP contribution is -2.25. The fourth-order valence-corrected chi connectivity index (χ4v) is 3.53. The van der Waals surface area contributed by atoms with Crippen molar-refractivity contribution in [1.82, 2.24) is 20.2 Å². The van der Waals surface area contributed by atoms with E-state index in [0.717, 1.165) is 12.0 Å². The van der Waals surface area contributed by atoms with Crippen LogP contribution in [0.2, 0.25) is 0 Å². The van der Waals surface area contributed by atoms with Gasteiger partial charge in [-0.3, -0.25) is 14.7 Å². The first-order chi connectivity index (χ1) is 14.6. The van der Waals surface area contributed by atoms with Crippen LogP contribution < -0.4 is 4.90 Å². The third kappa shape index (κ3) is 3.14. The second-order valence-electron chi connectivity index (χ2n) is 6.99. The molecule has 4 heterocycles. The minimum absolute atomic E-state index is 0.0186. The summed E-state index contributed by atoms with van der Waals surface area (Å²) in [6.07, 6.45) is 3.04. The van der Waals surface area contributed by atoms with Crippen LogP contribution in [0.25, 0.3) is 22.5 Å². The van der Waals surface area contributed by atoms with E-state index in [-0.39, 0.29) is 34.9 Å². The van der Waals surface area contributed by atoms with Gasteiger partial charge in [0.25, 0.3) is 5.89 Å². The van der Waals surface area contributed by atoms with Gasteiger partial charge in [-0.2, -0.15) is 0 Å². The van der Waals surface area contributed by atoms with Crippen molar-refractivity contribution in [2.45, 2.75) is 19.3 Å². The maximum Gasteiger partial charge on any atom is 0.270 e. The highest BCUT2D eigenvalue weighted by Gasteiger charge is 2.28. The number of anilines is 1. The van der Waals surface area contributed by atoms with Crippen molar-refractivity contribution in [1.29, 1.82) is 0 Å². The SMILES string of the molecule is O=C1CCCN1c1nc(-c2nnc(Cc3ccc(F)cc3)o2)c(O)c2ncccc12. The molecule has 1 aliphatic heterocycles. The number of benzene rings is 1. The molecule has 4 aromatic rings. The third-order valence-corrected chi connectivity index (χ3v) is 4.98. The average molecular weight is 405 g/mol. The Bertz CT molecular complexity index is 1260. The highest BCUT2D eigenvalue weighted by molar-refractivity contribution is 6.05. The minimum Gasteiger partial charge on any atom is -0.504 e. The Morgan fingerprint density at radius 1 is 1.17 bits per heavy atom. The molecule has 1 aliphatic rings. The Morgan fingerprint density at radius 2 is 2.00 bits per heavy atom. The summed E-state index contributed by atoms with van der Waals surface area (Å²) in [6, 6.07) is 9.45. The lowest BCUT2D eigenvalue weighted by atomic mass is 10.1. The van der Waals surface area contributed by atoms with E-state index in [4.69, 9.17) is 4.42 Å². The molecule has 3 aromatic heterocycles. The number of fused-ring (bicyclic) bond motifs is 1. The number of carbonyl (C=O) groups is 1. The number of aromatic nitrogens is 4. The topological polar surface area (TPSA) is 105 Å². The first kappa shape index (κ1) is 18.2. The molecule has 0 aliphatic carbocycles. The summed E-state index contributed by atoms with van der Waals surface area (Å²) in [5, 5.41) is 19.4. The Balaban J connectivity index is 1.57. The molecular weight excluding hydrogens is 389 g/mol. The molecule has 1 aromatic carbocycles. The van der Waals surface area contributed by atoms with Gasteiger partial charge in [0.05, 0.1) is 6.42 Å². The number of rotatable bonds is 4. The Labute approximate surface area is 170 Å². The molecule has 0 unspecified atom stereocenters. The number of nitrogens with zero attached hydrogens (tertiary/aromatic N) is 5. The largest absolute Gasteiger partial charge is 0.504 e. The maximum absolute atomic E-state index is 13.1. The molecule has 0 atom stereocenters. The molecule has 1 amide bonds. The number of amides is 1. The first-order valence-electron chi connectivity index (χ1n) is 9.45. The van der Waals surface area contributed by atoms with Crippen LogP contribution in [-0.2, 0) is 11.2 Å². The maximum atomic E-state index is 13.1. The summed E-state index contributed by atoms with van der Waals surface area (Å²) in [6.45, 7) is 0.541. The molecule has 1 fully saturated rings. The number of hydrogen-bond acceptors (Lipinski definition) is 7. The van der Waals surface area contributed by atoms with Crippen molar-refractivity contribution >= 4 is 22.6 Å². The number of hydrogen-bond donors (Lipinski definition) is 1. The summed E-state index contributed by atoms with van der Waals surface area (Å²) in [5.74, 6) is 0.158. The number of pyridine rings is 2. The molecule has 0 bridgehead atoms. The zero-order chi connectivity index (χ0) is 20.7. The van der Waals surface area contributed by atoms with E-state index < -0.39 is 0 Å². The first-order valence-corrected chi connectivity index (χ1v) is 9.45. The number of carbonyl (C=O) groups excluding carboxylic acids is 1. The van der Waals surface area contributed by atoms with Crippen LogP contribution in [0.5, 0.6) is 5.75 Å². The molecule has 0 saturated carbocycles. The van der Waals surface area contributed by atoms with Crippen molar-refractivity contribution in [3.8, 4) is 17.3 Å². The lowest BCUT2D eigenvalue weighted by Gasteiger charge is -2.18. The fraction of sp³-hybridized carbons (Fsp3) is 0.190. The van der Waals surface area contributed by atoms with Crippen molar-refractivity contribution in [2.75, 3.05) is 11.4 Å². The molecule has 8 nitrogen and oxygen atoms in total. The van der Waals surface area contributed by atoms with Crippen LogP contribution in [0.1, 0.15) is 24.3 Å². The minimum atomic E-state index is -0.327. The summed E-state index contributed by atoms with van der Waals surface area (Å²) in [4.78, 5) is 22.7. The molecule has 1 N–H and O–H groups in total. The molecule has 0 spiro atoms. The van der Waals surface area contributed by atoms with Gasteiger partial charge in [-0.25, -0.2) is 9.37 Å². The van der Waals surface area contributed by atoms with Crippen molar-refractivity contribution in [2.24, 2.45) is 0 Å². The lowest BCUT2D eigenvalue weighted by molar-refractivity contribution is -0.117. The van der Waals surface area contributed by atoms with Crippen molar-refractivity contribution in [3.05, 3.63) is 59.9 Å². The standard InChI is InChI=1S/C21H16FN5O3/c22-13-7-5-12(6-8-13)11-15-25-26-21(30-15)18-19(29)17-14(3-1-9-23-17)20(24-18)27-10-2-4-16(27)28/h1,3,5-9,29H,2,4,10-11H2. The van der Waals surface area contributed by atoms with Crippen molar-refractivity contribution < 1.29 is 18.7 Å². The summed E-state index contributed by atoms with van der Waals surface area (Å²) >= 11 is 0. The van der Waals surface area contributed by atoms with Gasteiger partial charge in [0.1, 0.15) is 17.2 Å². The molecular formula is C21H16FN5O3. The molecule has 150 valence electrons. The molecule has 9 heteroatoms. The van der Waals surface area contributed by atoms with Crippen molar-refractivity contribution in [3.63, 3.8) is 0 Å². The molecule has 0 radical (unpaired) electrons. The second-order valence-corrected chi connectivity index (χ2v) is 6.99. The highest BCUT2D eigenvalue weighted by atomic mass is 19.1. The average Bonchev–Trinajstić information content (AvgIpc) is 3.39. The predicted octanol–water partition coefficient (Wildman–Crippen LogP) is 3.24. The van der Waals surface area contributed by atoms with Crippen LogP contribution in [0.15, 0.2) is 47.0 Å². The van der Waals surface area contributed by atoms with Gasteiger partial charge in [-0.05, 0) is 36.2 Å². The number of halogens is 1. The molecule has 30 heavy (non-hydrogen) atoms. The van der Waals surface area contributed by atoms with Gasteiger partial charge in [-0.1, -0.05) is 12.1 Å². The third-order valence-electron chi connectivity index (χ3n) is 4.98.